The molecule has 0 aliphatic rings. The normalized spacial score (nSPS) is 8.44. The van der Waals surface area contributed by atoms with E-state index in [1.165, 1.54) is 13.3 Å². The number of amides is 1. The molecule has 0 aliphatic heterocycles. The minimum absolute atomic E-state index is 0.582. The quantitative estimate of drug-likeness (QED) is 0.516. The topological polar surface area (TPSA) is 62.1 Å². The third-order valence-electron chi connectivity index (χ3n) is 0.544. The van der Waals surface area contributed by atoms with Gasteiger partial charge in [0, 0.05) is 12.3 Å². The highest BCUT2D eigenvalue weighted by atomic mass is 16.5. The Hall–Kier alpha value is -1.50. The fourth-order valence-corrected chi connectivity index (χ4v) is 0.206. The predicted molar refractivity (Wildman–Crippen MR) is 30.3 cm³/mol. The van der Waals surface area contributed by atoms with Crippen LogP contribution in [0, 0.1) is 11.3 Å². The SMILES string of the molecule is COC(=O)N/C=C/C#N. The van der Waals surface area contributed by atoms with Crippen molar-refractivity contribution in [2.75, 3.05) is 7.11 Å². The van der Waals surface area contributed by atoms with E-state index >= 15 is 0 Å². The number of allylic oxidation sites excluding steroid dienone is 1. The van der Waals surface area contributed by atoms with Crippen LogP contribution in [-0.2, 0) is 4.74 Å². The molecule has 0 rings (SSSR count). The predicted octanol–water partition coefficient (Wildman–Crippen LogP) is 0.380. The van der Waals surface area contributed by atoms with Gasteiger partial charge in [-0.05, 0) is 0 Å². The number of ether oxygens (including phenoxy) is 1. The molecule has 1 amide bonds. The first kappa shape index (κ1) is 7.50. The van der Waals surface area contributed by atoms with E-state index in [2.05, 4.69) is 10.1 Å². The third-order valence-corrected chi connectivity index (χ3v) is 0.544. The first-order valence-corrected chi connectivity index (χ1v) is 2.20. The molecule has 0 aliphatic carbocycles. The van der Waals surface area contributed by atoms with Gasteiger partial charge in [-0.3, -0.25) is 5.32 Å². The van der Waals surface area contributed by atoms with Gasteiger partial charge in [0.15, 0.2) is 0 Å². The number of carbonyl (C=O) groups excluding carboxylic acids is 1. The summed E-state index contributed by atoms with van der Waals surface area (Å²) in [5.41, 5.74) is 0. The summed E-state index contributed by atoms with van der Waals surface area (Å²) in [5, 5.41) is 10.1. The van der Waals surface area contributed by atoms with E-state index in [1.54, 1.807) is 6.07 Å². The van der Waals surface area contributed by atoms with Gasteiger partial charge in [-0.15, -0.1) is 0 Å². The lowest BCUT2D eigenvalue weighted by molar-refractivity contribution is 0.175. The van der Waals surface area contributed by atoms with Crippen molar-refractivity contribution in [2.24, 2.45) is 0 Å². The summed E-state index contributed by atoms with van der Waals surface area (Å²) in [7, 11) is 1.25. The largest absolute Gasteiger partial charge is 0.453 e. The highest BCUT2D eigenvalue weighted by Gasteiger charge is 1.88. The van der Waals surface area contributed by atoms with Crippen molar-refractivity contribution in [1.29, 1.82) is 5.26 Å². The maximum Gasteiger partial charge on any atom is 0.410 e. The molecule has 4 nitrogen and oxygen atoms in total. The van der Waals surface area contributed by atoms with Gasteiger partial charge in [-0.25, -0.2) is 4.79 Å². The maximum atomic E-state index is 10.2. The fourth-order valence-electron chi connectivity index (χ4n) is 0.206. The monoisotopic (exact) mass is 126 g/mol. The van der Waals surface area contributed by atoms with Gasteiger partial charge in [0.25, 0.3) is 0 Å². The molecule has 9 heavy (non-hydrogen) atoms. The lowest BCUT2D eigenvalue weighted by Crippen LogP contribution is -2.15. The van der Waals surface area contributed by atoms with Gasteiger partial charge < -0.3 is 4.74 Å². The van der Waals surface area contributed by atoms with E-state index in [0.717, 1.165) is 6.08 Å². The van der Waals surface area contributed by atoms with Crippen LogP contribution in [0.4, 0.5) is 4.79 Å². The Morgan fingerprint density at radius 1 is 1.89 bits per heavy atom. The van der Waals surface area contributed by atoms with Crippen LogP contribution < -0.4 is 5.32 Å². The summed E-state index contributed by atoms with van der Waals surface area (Å²) < 4.78 is 4.19. The van der Waals surface area contributed by atoms with Crippen molar-refractivity contribution < 1.29 is 9.53 Å². The third kappa shape index (κ3) is 4.35. The number of alkyl carbamates (subject to hydrolysis) is 1. The van der Waals surface area contributed by atoms with Gasteiger partial charge >= 0.3 is 6.09 Å². The minimum Gasteiger partial charge on any atom is -0.453 e. The van der Waals surface area contributed by atoms with Crippen molar-refractivity contribution >= 4 is 6.09 Å². The second-order valence-corrected chi connectivity index (χ2v) is 1.10. The van der Waals surface area contributed by atoms with Crippen molar-refractivity contribution in [2.45, 2.75) is 0 Å². The standard InChI is InChI=1S/C5H6N2O2/c1-9-5(8)7-4-2-3-6/h2,4H,1H3,(H,7,8)/b4-2+. The number of nitrogens with zero attached hydrogens (tertiary/aromatic N) is 1. The zero-order valence-corrected chi connectivity index (χ0v) is 4.92. The molecule has 0 aromatic rings. The van der Waals surface area contributed by atoms with E-state index in [0.29, 0.717) is 0 Å². The molecule has 0 fully saturated rings. The van der Waals surface area contributed by atoms with Crippen molar-refractivity contribution in [3.05, 3.63) is 12.3 Å². The number of nitrogens with one attached hydrogen (secondary N) is 1. The summed E-state index contributed by atoms with van der Waals surface area (Å²) in [4.78, 5) is 10.2. The molecule has 0 spiro atoms. The average molecular weight is 126 g/mol. The highest BCUT2D eigenvalue weighted by Crippen LogP contribution is 1.69. The fraction of sp³-hybridized carbons (Fsp3) is 0.200. The Balaban J connectivity index is 3.41. The minimum atomic E-state index is -0.582. The Bertz CT molecular complexity index is 157. The average Bonchev–Trinajstić information content (AvgIpc) is 1.89. The van der Waals surface area contributed by atoms with Gasteiger partial charge in [0.1, 0.15) is 0 Å². The molecule has 0 saturated carbocycles. The zero-order valence-electron chi connectivity index (χ0n) is 4.92. The van der Waals surface area contributed by atoms with Crippen LogP contribution in [-0.4, -0.2) is 13.2 Å². The molecule has 0 unspecified atom stereocenters. The molecule has 0 saturated heterocycles. The van der Waals surface area contributed by atoms with Gasteiger partial charge in [-0.2, -0.15) is 5.26 Å². The van der Waals surface area contributed by atoms with Crippen LogP contribution >= 0.6 is 0 Å². The van der Waals surface area contributed by atoms with Crippen LogP contribution in [0.3, 0.4) is 0 Å². The molecule has 0 bridgehead atoms. The number of rotatable bonds is 1. The van der Waals surface area contributed by atoms with Gasteiger partial charge in [-0.1, -0.05) is 0 Å². The molecule has 0 atom stereocenters. The first-order valence-electron chi connectivity index (χ1n) is 2.20. The van der Waals surface area contributed by atoms with Crippen molar-refractivity contribution in [3.8, 4) is 6.07 Å². The summed E-state index contributed by atoms with van der Waals surface area (Å²) in [6.45, 7) is 0. The summed E-state index contributed by atoms with van der Waals surface area (Å²) in [5.74, 6) is 0. The van der Waals surface area contributed by atoms with Gasteiger partial charge in [0.2, 0.25) is 0 Å². The Kier molecular flexibility index (Phi) is 3.88. The second-order valence-electron chi connectivity index (χ2n) is 1.10. The van der Waals surface area contributed by atoms with Crippen LogP contribution in [0.2, 0.25) is 0 Å². The maximum absolute atomic E-state index is 10.2. The Morgan fingerprint density at radius 3 is 3.00 bits per heavy atom. The van der Waals surface area contributed by atoms with E-state index in [4.69, 9.17) is 5.26 Å². The first-order chi connectivity index (χ1) is 4.31. The molecule has 0 aromatic heterocycles. The molecule has 48 valence electrons. The van der Waals surface area contributed by atoms with Crippen molar-refractivity contribution in [3.63, 3.8) is 0 Å². The van der Waals surface area contributed by atoms with Crippen molar-refractivity contribution in [1.82, 2.24) is 5.32 Å². The molecule has 0 radical (unpaired) electrons. The molecule has 0 aromatic carbocycles. The van der Waals surface area contributed by atoms with E-state index < -0.39 is 6.09 Å². The van der Waals surface area contributed by atoms with Gasteiger partial charge in [0.05, 0.1) is 13.2 Å². The van der Waals surface area contributed by atoms with Crippen LogP contribution in [0.1, 0.15) is 0 Å². The number of hydrogen-bond donors (Lipinski definition) is 1. The summed E-state index contributed by atoms with van der Waals surface area (Å²) in [6.07, 6.45) is 1.75. The molecule has 0 heterocycles. The molecular weight excluding hydrogens is 120 g/mol. The summed E-state index contributed by atoms with van der Waals surface area (Å²) >= 11 is 0. The smallest absolute Gasteiger partial charge is 0.410 e. The number of nitriles is 1. The number of methoxy groups -OCH3 is 1. The summed E-state index contributed by atoms with van der Waals surface area (Å²) in [6, 6.07) is 1.70. The van der Waals surface area contributed by atoms with E-state index in [9.17, 15) is 4.79 Å². The Labute approximate surface area is 52.7 Å². The number of carbonyl (C=O) groups is 1. The lowest BCUT2D eigenvalue weighted by Gasteiger charge is -1.92. The zero-order chi connectivity index (χ0) is 7.11. The van der Waals surface area contributed by atoms with Crippen LogP contribution in [0.25, 0.3) is 0 Å². The second kappa shape index (κ2) is 4.65. The number of hydrogen-bond acceptors (Lipinski definition) is 3. The van der Waals surface area contributed by atoms with E-state index in [-0.39, 0.29) is 0 Å². The van der Waals surface area contributed by atoms with Crippen LogP contribution in [0.15, 0.2) is 12.3 Å². The molecule has 1 N–H and O–H groups in total. The van der Waals surface area contributed by atoms with E-state index in [1.807, 2.05) is 0 Å². The Morgan fingerprint density at radius 2 is 2.56 bits per heavy atom. The molecule has 4 heteroatoms. The highest BCUT2D eigenvalue weighted by molar-refractivity contribution is 5.68. The molecular formula is C5H6N2O2. The van der Waals surface area contributed by atoms with Crippen LogP contribution in [0.5, 0.6) is 0 Å². The lowest BCUT2D eigenvalue weighted by atomic mass is 10.7.